The molecule has 4 rings (SSSR count). The molecule has 142 valence electrons. The van der Waals surface area contributed by atoms with Gasteiger partial charge in [-0.2, -0.15) is 0 Å². The first-order valence-electron chi connectivity index (χ1n) is 8.99. The molecule has 1 aliphatic heterocycles. The van der Waals surface area contributed by atoms with Gasteiger partial charge in [0.15, 0.2) is 11.5 Å². The normalized spacial score (nSPS) is 16.0. The minimum Gasteiger partial charge on any atom is -0.493 e. The van der Waals surface area contributed by atoms with Gasteiger partial charge in [-0.15, -0.1) is 11.8 Å². The molecule has 0 unspecified atom stereocenters. The first-order valence-corrected chi connectivity index (χ1v) is 10.2. The number of para-hydroxylation sites is 1. The molecule has 28 heavy (non-hydrogen) atoms. The van der Waals surface area contributed by atoms with E-state index in [0.717, 1.165) is 28.4 Å². The smallest absolute Gasteiger partial charge is 0.161 e. The Morgan fingerprint density at radius 2 is 1.68 bits per heavy atom. The highest BCUT2D eigenvalue weighted by Crippen LogP contribution is 2.46. The molecular formula is C23H20ClNO2S. The van der Waals surface area contributed by atoms with Crippen molar-refractivity contribution in [2.45, 2.75) is 16.6 Å². The Kier molecular flexibility index (Phi) is 5.60. The molecular weight excluding hydrogens is 390 g/mol. The van der Waals surface area contributed by atoms with Crippen LogP contribution >= 0.6 is 23.4 Å². The molecule has 0 spiro atoms. The van der Waals surface area contributed by atoms with Gasteiger partial charge in [0, 0.05) is 27.3 Å². The van der Waals surface area contributed by atoms with Crippen LogP contribution in [0.15, 0.2) is 76.6 Å². The van der Waals surface area contributed by atoms with Crippen LogP contribution in [0.25, 0.3) is 0 Å². The van der Waals surface area contributed by atoms with Crippen LogP contribution in [0.5, 0.6) is 11.5 Å². The van der Waals surface area contributed by atoms with Crippen LogP contribution in [0.1, 0.15) is 22.8 Å². The number of halogens is 1. The molecule has 1 heterocycles. The molecule has 5 heteroatoms. The van der Waals surface area contributed by atoms with Gasteiger partial charge in [0.05, 0.1) is 19.9 Å². The van der Waals surface area contributed by atoms with Crippen molar-refractivity contribution in [3.8, 4) is 11.5 Å². The van der Waals surface area contributed by atoms with Gasteiger partial charge >= 0.3 is 0 Å². The Morgan fingerprint density at radius 3 is 2.43 bits per heavy atom. The lowest BCUT2D eigenvalue weighted by atomic mass is 10.0. The van der Waals surface area contributed by atoms with Crippen LogP contribution in [0.3, 0.4) is 0 Å². The number of thioether (sulfide) groups is 1. The fourth-order valence-electron chi connectivity index (χ4n) is 3.27. The predicted octanol–water partition coefficient (Wildman–Crippen LogP) is 6.72. The first kappa shape index (κ1) is 18.9. The first-order chi connectivity index (χ1) is 13.7. The third-order valence-corrected chi connectivity index (χ3v) is 6.30. The van der Waals surface area contributed by atoms with E-state index in [1.807, 2.05) is 48.2 Å². The van der Waals surface area contributed by atoms with Crippen LogP contribution in [-0.4, -0.2) is 19.9 Å². The lowest BCUT2D eigenvalue weighted by molar-refractivity contribution is 0.355. The number of benzene rings is 3. The van der Waals surface area contributed by atoms with Crippen LogP contribution in [0.4, 0.5) is 5.69 Å². The molecule has 3 aromatic carbocycles. The van der Waals surface area contributed by atoms with E-state index in [1.54, 1.807) is 14.2 Å². The topological polar surface area (TPSA) is 30.8 Å². The number of methoxy groups -OCH3 is 2. The number of hydrogen-bond acceptors (Lipinski definition) is 4. The Bertz CT molecular complexity index is 1020. The molecule has 1 aliphatic rings. The summed E-state index contributed by atoms with van der Waals surface area (Å²) >= 11 is 7.93. The van der Waals surface area contributed by atoms with Gasteiger partial charge in [-0.1, -0.05) is 35.9 Å². The summed E-state index contributed by atoms with van der Waals surface area (Å²) in [6.07, 6.45) is 0.802. The third-order valence-electron chi connectivity index (χ3n) is 4.73. The molecule has 0 fully saturated rings. The minimum atomic E-state index is 0.243. The summed E-state index contributed by atoms with van der Waals surface area (Å²) in [5, 5.41) is 0.990. The maximum Gasteiger partial charge on any atom is 0.161 e. The molecule has 0 saturated heterocycles. The Hall–Kier alpha value is -2.43. The molecule has 0 aromatic heterocycles. The van der Waals surface area contributed by atoms with Crippen LogP contribution < -0.4 is 9.47 Å². The van der Waals surface area contributed by atoms with Crippen molar-refractivity contribution < 1.29 is 9.47 Å². The summed E-state index contributed by atoms with van der Waals surface area (Å²) < 4.78 is 10.9. The van der Waals surface area contributed by atoms with Gasteiger partial charge in [0.2, 0.25) is 0 Å². The van der Waals surface area contributed by atoms with E-state index >= 15 is 0 Å². The average molecular weight is 410 g/mol. The van der Waals surface area contributed by atoms with Gasteiger partial charge in [-0.3, -0.25) is 4.99 Å². The van der Waals surface area contributed by atoms with E-state index < -0.39 is 0 Å². The highest BCUT2D eigenvalue weighted by molar-refractivity contribution is 7.99. The van der Waals surface area contributed by atoms with Crippen molar-refractivity contribution in [2.75, 3.05) is 14.2 Å². The predicted molar refractivity (Wildman–Crippen MR) is 117 cm³/mol. The summed E-state index contributed by atoms with van der Waals surface area (Å²) in [7, 11) is 3.29. The second-order valence-electron chi connectivity index (χ2n) is 6.46. The quantitative estimate of drug-likeness (QED) is 0.479. The molecule has 1 atom stereocenters. The summed E-state index contributed by atoms with van der Waals surface area (Å²) in [6.45, 7) is 0. The maximum atomic E-state index is 6.09. The highest BCUT2D eigenvalue weighted by atomic mass is 35.5. The van der Waals surface area contributed by atoms with E-state index in [9.17, 15) is 0 Å². The Labute approximate surface area is 174 Å². The van der Waals surface area contributed by atoms with Gasteiger partial charge in [-0.25, -0.2) is 0 Å². The molecule has 3 aromatic rings. The molecule has 0 N–H and O–H groups in total. The number of fused-ring (bicyclic) bond motifs is 1. The van der Waals surface area contributed by atoms with Gasteiger partial charge in [0.25, 0.3) is 0 Å². The molecule has 0 radical (unpaired) electrons. The molecule has 0 aliphatic carbocycles. The summed E-state index contributed by atoms with van der Waals surface area (Å²) in [6, 6.07) is 22.3. The number of hydrogen-bond donors (Lipinski definition) is 0. The standard InChI is InChI=1S/C23H20ClNO2S/c1-26-20-12-9-16(13-21(20)27-2)19-14-23(15-7-10-17(24)11-8-15)28-22-6-4-3-5-18(22)25-19/h3-13,23H,14H2,1-2H3/t23-/m1/s1. The zero-order chi connectivity index (χ0) is 19.5. The van der Waals surface area contributed by atoms with Crippen LogP contribution in [0.2, 0.25) is 5.02 Å². The van der Waals surface area contributed by atoms with Crippen LogP contribution in [0, 0.1) is 0 Å². The monoisotopic (exact) mass is 409 g/mol. The van der Waals surface area contributed by atoms with E-state index in [0.29, 0.717) is 11.5 Å². The maximum absolute atomic E-state index is 6.09. The summed E-state index contributed by atoms with van der Waals surface area (Å²) in [4.78, 5) is 6.19. The van der Waals surface area contributed by atoms with Gasteiger partial charge < -0.3 is 9.47 Å². The second-order valence-corrected chi connectivity index (χ2v) is 8.14. The SMILES string of the molecule is COc1ccc(C2=Nc3ccccc3S[C@@H](c3ccc(Cl)cc3)C2)cc1OC. The van der Waals surface area contributed by atoms with E-state index in [-0.39, 0.29) is 5.25 Å². The highest BCUT2D eigenvalue weighted by Gasteiger charge is 2.23. The fraction of sp³-hybridized carbons (Fsp3) is 0.174. The van der Waals surface area contributed by atoms with Crippen LogP contribution in [-0.2, 0) is 0 Å². The molecule has 0 bridgehead atoms. The number of aliphatic imine (C=N–C) groups is 1. The van der Waals surface area contributed by atoms with Crippen molar-refractivity contribution in [1.82, 2.24) is 0 Å². The van der Waals surface area contributed by atoms with Crippen molar-refractivity contribution >= 4 is 34.8 Å². The van der Waals surface area contributed by atoms with Gasteiger partial charge in [-0.05, 0) is 53.6 Å². The zero-order valence-corrected chi connectivity index (χ0v) is 17.3. The van der Waals surface area contributed by atoms with E-state index in [2.05, 4.69) is 30.3 Å². The van der Waals surface area contributed by atoms with E-state index in [1.165, 1.54) is 10.5 Å². The van der Waals surface area contributed by atoms with Crippen molar-refractivity contribution in [2.24, 2.45) is 4.99 Å². The Balaban J connectivity index is 1.79. The van der Waals surface area contributed by atoms with Crippen molar-refractivity contribution in [3.63, 3.8) is 0 Å². The second kappa shape index (κ2) is 8.29. The number of ether oxygens (including phenoxy) is 2. The molecule has 0 amide bonds. The van der Waals surface area contributed by atoms with Crippen molar-refractivity contribution in [1.29, 1.82) is 0 Å². The minimum absolute atomic E-state index is 0.243. The lowest BCUT2D eigenvalue weighted by Gasteiger charge is -2.17. The number of nitrogens with zero attached hydrogens (tertiary/aromatic N) is 1. The van der Waals surface area contributed by atoms with E-state index in [4.69, 9.17) is 26.1 Å². The average Bonchev–Trinajstić information content (AvgIpc) is 2.93. The lowest BCUT2D eigenvalue weighted by Crippen LogP contribution is -2.06. The molecule has 3 nitrogen and oxygen atoms in total. The third kappa shape index (κ3) is 3.89. The molecule has 0 saturated carbocycles. The summed E-state index contributed by atoms with van der Waals surface area (Å²) in [5.74, 6) is 1.42. The van der Waals surface area contributed by atoms with Crippen molar-refractivity contribution in [3.05, 3.63) is 82.9 Å². The number of rotatable bonds is 4. The zero-order valence-electron chi connectivity index (χ0n) is 15.7. The Morgan fingerprint density at radius 1 is 0.929 bits per heavy atom. The van der Waals surface area contributed by atoms with Gasteiger partial charge in [0.1, 0.15) is 0 Å². The summed E-state index contributed by atoms with van der Waals surface area (Å²) in [5.41, 5.74) is 4.29. The fourth-order valence-corrected chi connectivity index (χ4v) is 4.63. The largest absolute Gasteiger partial charge is 0.493 e.